The van der Waals surface area contributed by atoms with E-state index in [4.69, 9.17) is 9.90 Å². The van der Waals surface area contributed by atoms with Gasteiger partial charge in [-0.2, -0.15) is 13.2 Å². The lowest BCUT2D eigenvalue weighted by atomic mass is 10.2. The molecule has 0 unspecified atom stereocenters. The van der Waals surface area contributed by atoms with Gasteiger partial charge in [-0.15, -0.1) is 0 Å². The molecule has 1 aliphatic heterocycles. The van der Waals surface area contributed by atoms with Gasteiger partial charge in [0.05, 0.1) is 0 Å². The van der Waals surface area contributed by atoms with Gasteiger partial charge in [0.15, 0.2) is 0 Å². The number of halogens is 3. The molecule has 0 saturated carbocycles. The van der Waals surface area contributed by atoms with E-state index in [1.165, 1.54) is 5.56 Å². The van der Waals surface area contributed by atoms with Gasteiger partial charge in [0, 0.05) is 23.5 Å². The Morgan fingerprint density at radius 3 is 2.52 bits per heavy atom. The van der Waals surface area contributed by atoms with Crippen LogP contribution in [0.2, 0.25) is 0 Å². The summed E-state index contributed by atoms with van der Waals surface area (Å²) in [5, 5.41) is 14.5. The summed E-state index contributed by atoms with van der Waals surface area (Å²) in [7, 11) is 0. The molecule has 0 radical (unpaired) electrons. The Morgan fingerprint density at radius 2 is 1.96 bits per heavy atom. The first kappa shape index (κ1) is 18.8. The van der Waals surface area contributed by atoms with Crippen molar-refractivity contribution in [3.63, 3.8) is 0 Å². The van der Waals surface area contributed by atoms with E-state index in [1.807, 2.05) is 18.2 Å². The van der Waals surface area contributed by atoms with Gasteiger partial charge in [-0.05, 0) is 38.1 Å². The Kier molecular flexibility index (Phi) is 5.68. The van der Waals surface area contributed by atoms with E-state index in [-0.39, 0.29) is 11.9 Å². The largest absolute Gasteiger partial charge is 0.490 e. The number of carboxylic acid groups (broad SMARTS) is 1. The van der Waals surface area contributed by atoms with Crippen molar-refractivity contribution in [2.45, 2.75) is 25.6 Å². The van der Waals surface area contributed by atoms with Crippen LogP contribution >= 0.6 is 0 Å². The Bertz CT molecular complexity index is 765. The number of aliphatic carboxylic acids is 1. The molecular formula is C16H18F3N3O3. The van der Waals surface area contributed by atoms with Crippen LogP contribution in [0.1, 0.15) is 22.5 Å². The van der Waals surface area contributed by atoms with Crippen molar-refractivity contribution in [1.29, 1.82) is 0 Å². The Morgan fingerprint density at radius 1 is 1.28 bits per heavy atom. The van der Waals surface area contributed by atoms with E-state index in [0.717, 1.165) is 30.4 Å². The fraction of sp³-hybridized carbons (Fsp3) is 0.375. The molecule has 0 aliphatic carbocycles. The van der Waals surface area contributed by atoms with Gasteiger partial charge in [-0.25, -0.2) is 4.79 Å². The zero-order valence-corrected chi connectivity index (χ0v) is 13.4. The summed E-state index contributed by atoms with van der Waals surface area (Å²) in [4.78, 5) is 24.1. The summed E-state index contributed by atoms with van der Waals surface area (Å²) in [5.74, 6) is -2.77. The number of H-pyrrole nitrogens is 1. The van der Waals surface area contributed by atoms with Crippen molar-refractivity contribution >= 4 is 22.8 Å². The third-order valence-electron chi connectivity index (χ3n) is 3.66. The number of benzene rings is 1. The fourth-order valence-electron chi connectivity index (χ4n) is 2.42. The summed E-state index contributed by atoms with van der Waals surface area (Å²) < 4.78 is 31.7. The van der Waals surface area contributed by atoms with Crippen molar-refractivity contribution in [2.24, 2.45) is 0 Å². The second-order valence-electron chi connectivity index (χ2n) is 5.74. The van der Waals surface area contributed by atoms with Gasteiger partial charge in [0.25, 0.3) is 5.91 Å². The average Bonchev–Trinajstić information content (AvgIpc) is 3.15. The molecule has 2 aromatic rings. The minimum Gasteiger partial charge on any atom is -0.475 e. The number of aromatic amines is 1. The number of hydrogen-bond acceptors (Lipinski definition) is 3. The maximum Gasteiger partial charge on any atom is 0.490 e. The molecule has 0 spiro atoms. The molecule has 3 rings (SSSR count). The molecule has 1 aromatic heterocycles. The average molecular weight is 357 g/mol. The number of nitrogens with one attached hydrogen (secondary N) is 3. The normalized spacial score (nSPS) is 17.0. The number of aryl methyl sites for hydroxylation is 1. The number of fused-ring (bicyclic) bond motifs is 1. The zero-order valence-electron chi connectivity index (χ0n) is 13.4. The number of hydrogen-bond donors (Lipinski definition) is 4. The lowest BCUT2D eigenvalue weighted by Gasteiger charge is -2.09. The highest BCUT2D eigenvalue weighted by atomic mass is 19.4. The van der Waals surface area contributed by atoms with Crippen LogP contribution in [0.5, 0.6) is 0 Å². The number of alkyl halides is 3. The van der Waals surface area contributed by atoms with Crippen LogP contribution in [-0.4, -0.2) is 47.3 Å². The standard InChI is InChI=1S/C14H17N3O.C2HF3O2/c1-9-2-3-12-10(6-9)7-13(17-12)14(18)16-11-4-5-15-8-11;3-2(4,5)1(6)7/h2-3,6-7,11,15,17H,4-5,8H2,1H3,(H,16,18);(H,6,7)/t11-;/m1./s1. The van der Waals surface area contributed by atoms with E-state index in [2.05, 4.69) is 28.6 Å². The molecule has 1 amide bonds. The second-order valence-corrected chi connectivity index (χ2v) is 5.74. The molecule has 1 aromatic carbocycles. The van der Waals surface area contributed by atoms with Crippen LogP contribution < -0.4 is 10.6 Å². The van der Waals surface area contributed by atoms with Gasteiger partial charge in [-0.1, -0.05) is 11.6 Å². The summed E-state index contributed by atoms with van der Waals surface area (Å²) >= 11 is 0. The van der Waals surface area contributed by atoms with Crippen LogP contribution in [0, 0.1) is 6.92 Å². The van der Waals surface area contributed by atoms with E-state index < -0.39 is 12.1 Å². The van der Waals surface area contributed by atoms with Crippen molar-refractivity contribution in [1.82, 2.24) is 15.6 Å². The monoisotopic (exact) mass is 357 g/mol. The second kappa shape index (κ2) is 7.56. The summed E-state index contributed by atoms with van der Waals surface area (Å²) in [6, 6.07) is 8.31. The van der Waals surface area contributed by atoms with Crippen LogP contribution in [0.25, 0.3) is 10.9 Å². The predicted molar refractivity (Wildman–Crippen MR) is 85.5 cm³/mol. The van der Waals surface area contributed by atoms with Gasteiger partial charge in [-0.3, -0.25) is 4.79 Å². The van der Waals surface area contributed by atoms with E-state index in [0.29, 0.717) is 5.69 Å². The summed E-state index contributed by atoms with van der Waals surface area (Å²) in [6.07, 6.45) is -4.08. The third-order valence-corrected chi connectivity index (χ3v) is 3.66. The smallest absolute Gasteiger partial charge is 0.475 e. The maximum absolute atomic E-state index is 12.1. The first-order valence-electron chi connectivity index (χ1n) is 7.58. The highest BCUT2D eigenvalue weighted by Crippen LogP contribution is 2.17. The highest BCUT2D eigenvalue weighted by molar-refractivity contribution is 5.98. The lowest BCUT2D eigenvalue weighted by molar-refractivity contribution is -0.192. The number of carboxylic acids is 1. The molecule has 1 atom stereocenters. The number of carbonyl (C=O) groups is 2. The lowest BCUT2D eigenvalue weighted by Crippen LogP contribution is -2.36. The first-order chi connectivity index (χ1) is 11.7. The Hall–Kier alpha value is -2.55. The molecule has 25 heavy (non-hydrogen) atoms. The molecule has 1 aliphatic rings. The predicted octanol–water partition coefficient (Wildman–Crippen LogP) is 2.20. The SMILES string of the molecule is Cc1ccc2[nH]c(C(=O)N[C@@H]3CCNC3)cc2c1.O=C(O)C(F)(F)F. The van der Waals surface area contributed by atoms with Crippen molar-refractivity contribution < 1.29 is 27.9 Å². The number of aromatic nitrogens is 1. The maximum atomic E-state index is 12.1. The number of rotatable bonds is 2. The van der Waals surface area contributed by atoms with Crippen LogP contribution in [0.15, 0.2) is 24.3 Å². The summed E-state index contributed by atoms with van der Waals surface area (Å²) in [5.41, 5.74) is 2.85. The van der Waals surface area contributed by atoms with Gasteiger partial charge in [0.2, 0.25) is 0 Å². The molecule has 1 fully saturated rings. The van der Waals surface area contributed by atoms with Crippen LogP contribution in [-0.2, 0) is 4.79 Å². The van der Waals surface area contributed by atoms with Gasteiger partial charge >= 0.3 is 12.1 Å². The van der Waals surface area contributed by atoms with Crippen LogP contribution in [0.3, 0.4) is 0 Å². The van der Waals surface area contributed by atoms with Gasteiger partial charge < -0.3 is 20.7 Å². The number of amides is 1. The quantitative estimate of drug-likeness (QED) is 0.663. The minimum atomic E-state index is -5.08. The van der Waals surface area contributed by atoms with E-state index in [1.54, 1.807) is 0 Å². The molecule has 9 heteroatoms. The van der Waals surface area contributed by atoms with Crippen molar-refractivity contribution in [3.8, 4) is 0 Å². The molecule has 4 N–H and O–H groups in total. The van der Waals surface area contributed by atoms with Crippen LogP contribution in [0.4, 0.5) is 13.2 Å². The van der Waals surface area contributed by atoms with Crippen molar-refractivity contribution in [3.05, 3.63) is 35.5 Å². The molecule has 6 nitrogen and oxygen atoms in total. The topological polar surface area (TPSA) is 94.2 Å². The Labute approximate surface area is 141 Å². The molecule has 1 saturated heterocycles. The van der Waals surface area contributed by atoms with E-state index >= 15 is 0 Å². The number of carbonyl (C=O) groups excluding carboxylic acids is 1. The third kappa shape index (κ3) is 5.21. The molecule has 2 heterocycles. The fourth-order valence-corrected chi connectivity index (χ4v) is 2.42. The minimum absolute atomic E-state index is 0.0162. The van der Waals surface area contributed by atoms with E-state index in [9.17, 15) is 18.0 Å². The summed E-state index contributed by atoms with van der Waals surface area (Å²) in [6.45, 7) is 3.90. The van der Waals surface area contributed by atoms with Crippen molar-refractivity contribution in [2.75, 3.05) is 13.1 Å². The molecule has 0 bridgehead atoms. The highest BCUT2D eigenvalue weighted by Gasteiger charge is 2.38. The first-order valence-corrected chi connectivity index (χ1v) is 7.58. The molecule has 136 valence electrons. The zero-order chi connectivity index (χ0) is 18.6. The Balaban J connectivity index is 0.000000277. The molecular weight excluding hydrogens is 339 g/mol. The van der Waals surface area contributed by atoms with Gasteiger partial charge in [0.1, 0.15) is 5.69 Å².